The summed E-state index contributed by atoms with van der Waals surface area (Å²) in [6, 6.07) is -1.13. The third kappa shape index (κ3) is 14.5. The van der Waals surface area contributed by atoms with Gasteiger partial charge in [-0.1, -0.05) is 53.2 Å². The predicted molar refractivity (Wildman–Crippen MR) is 166 cm³/mol. The molecule has 0 spiro atoms. The average molecular weight is 622 g/mol. The number of aliphatic hydroxyl groups is 1. The molecule has 44 heavy (non-hydrogen) atoms. The molecule has 0 fully saturated rings. The molecule has 0 saturated heterocycles. The average Bonchev–Trinajstić information content (AvgIpc) is 3.36. The van der Waals surface area contributed by atoms with Crippen LogP contribution in [0.4, 0.5) is 0 Å². The van der Waals surface area contributed by atoms with Gasteiger partial charge in [-0.15, -0.1) is 5.10 Å². The van der Waals surface area contributed by atoms with Gasteiger partial charge in [0.2, 0.25) is 11.8 Å². The molecule has 0 bridgehead atoms. The minimum Gasteiger partial charge on any atom is -0.481 e. The van der Waals surface area contributed by atoms with Gasteiger partial charge in [0.15, 0.2) is 0 Å². The SMILES string of the molecule is CC(C)C[C@@H](CC(=O)O)C(=O)C[C@@H](CCc1cn(CCCC[C@H](CC(C)C)C(=O)N[C@H](C(N)=O)[C@@H](C)O)nn1)C(=O)C(C)C. The van der Waals surface area contributed by atoms with Gasteiger partial charge in [0, 0.05) is 42.8 Å². The molecule has 0 aliphatic heterocycles. The molecule has 0 aliphatic rings. The molecule has 1 heterocycles. The molecule has 0 aliphatic carbocycles. The van der Waals surface area contributed by atoms with Crippen molar-refractivity contribution in [2.24, 2.45) is 41.2 Å². The highest BCUT2D eigenvalue weighted by molar-refractivity contribution is 5.91. The fraction of sp³-hybridized carbons (Fsp3) is 0.781. The zero-order valence-electron chi connectivity index (χ0n) is 27.6. The van der Waals surface area contributed by atoms with Gasteiger partial charge in [0.25, 0.3) is 0 Å². The molecule has 1 rings (SSSR count). The molecule has 0 radical (unpaired) electrons. The number of amides is 2. The number of rotatable bonds is 23. The van der Waals surface area contributed by atoms with Crippen LogP contribution in [0.3, 0.4) is 0 Å². The van der Waals surface area contributed by atoms with E-state index in [1.165, 1.54) is 6.92 Å². The number of carboxylic acids is 1. The first-order valence-electron chi connectivity index (χ1n) is 16.0. The van der Waals surface area contributed by atoms with E-state index in [0.29, 0.717) is 44.3 Å². The fourth-order valence-electron chi connectivity index (χ4n) is 5.51. The van der Waals surface area contributed by atoms with Crippen molar-refractivity contribution in [2.45, 2.75) is 125 Å². The Hall–Kier alpha value is -3.15. The maximum atomic E-state index is 13.1. The minimum atomic E-state index is -1.13. The summed E-state index contributed by atoms with van der Waals surface area (Å²) in [7, 11) is 0. The first-order chi connectivity index (χ1) is 20.5. The molecule has 5 atom stereocenters. The van der Waals surface area contributed by atoms with E-state index in [2.05, 4.69) is 15.6 Å². The highest BCUT2D eigenvalue weighted by Gasteiger charge is 2.30. The van der Waals surface area contributed by atoms with Gasteiger partial charge in [-0.25, -0.2) is 0 Å². The summed E-state index contributed by atoms with van der Waals surface area (Å²) in [6.07, 6.45) is 4.60. The Morgan fingerprint density at radius 2 is 1.50 bits per heavy atom. The zero-order chi connectivity index (χ0) is 33.6. The van der Waals surface area contributed by atoms with Crippen molar-refractivity contribution in [3.05, 3.63) is 11.9 Å². The molecule has 0 saturated carbocycles. The highest BCUT2D eigenvalue weighted by atomic mass is 16.4. The van der Waals surface area contributed by atoms with Crippen LogP contribution in [0.5, 0.6) is 0 Å². The van der Waals surface area contributed by atoms with Crippen LogP contribution in [0.2, 0.25) is 0 Å². The lowest BCUT2D eigenvalue weighted by Crippen LogP contribution is -2.52. The van der Waals surface area contributed by atoms with Crippen LogP contribution in [0.25, 0.3) is 0 Å². The first kappa shape index (κ1) is 38.9. The van der Waals surface area contributed by atoms with Crippen molar-refractivity contribution in [3.8, 4) is 0 Å². The third-order valence-corrected chi connectivity index (χ3v) is 7.79. The third-order valence-electron chi connectivity index (χ3n) is 7.79. The number of hydrogen-bond donors (Lipinski definition) is 4. The summed E-state index contributed by atoms with van der Waals surface area (Å²) in [5, 5.41) is 30.1. The monoisotopic (exact) mass is 621 g/mol. The number of nitrogens with two attached hydrogens (primary N) is 1. The van der Waals surface area contributed by atoms with Crippen molar-refractivity contribution in [1.29, 1.82) is 0 Å². The van der Waals surface area contributed by atoms with Gasteiger partial charge in [-0.05, 0) is 57.3 Å². The van der Waals surface area contributed by atoms with E-state index in [-0.39, 0.29) is 54.0 Å². The number of carbonyl (C=O) groups excluding carboxylic acids is 4. The molecular weight excluding hydrogens is 566 g/mol. The van der Waals surface area contributed by atoms with E-state index < -0.39 is 35.9 Å². The topological polar surface area (TPSA) is 195 Å². The molecule has 1 aromatic heterocycles. The lowest BCUT2D eigenvalue weighted by molar-refractivity contribution is -0.141. The van der Waals surface area contributed by atoms with Gasteiger partial charge >= 0.3 is 5.97 Å². The first-order valence-corrected chi connectivity index (χ1v) is 16.0. The number of unbranched alkanes of at least 4 members (excludes halogenated alkanes) is 1. The summed E-state index contributed by atoms with van der Waals surface area (Å²) < 4.78 is 1.72. The van der Waals surface area contributed by atoms with Gasteiger partial charge in [0.05, 0.1) is 18.2 Å². The Morgan fingerprint density at radius 1 is 0.886 bits per heavy atom. The minimum absolute atomic E-state index is 0.0139. The normalized spacial score (nSPS) is 15.2. The number of aryl methyl sites for hydroxylation is 2. The summed E-state index contributed by atoms with van der Waals surface area (Å²) >= 11 is 0. The number of carbonyl (C=O) groups is 5. The number of Topliss-reactive ketones (excluding diaryl/α,β-unsaturated/α-hetero) is 2. The van der Waals surface area contributed by atoms with Gasteiger partial charge in [-0.2, -0.15) is 0 Å². The van der Waals surface area contributed by atoms with Crippen LogP contribution in [-0.4, -0.2) is 66.7 Å². The summed E-state index contributed by atoms with van der Waals surface area (Å²) in [4.78, 5) is 61.8. The molecule has 250 valence electrons. The largest absolute Gasteiger partial charge is 0.481 e. The molecule has 12 nitrogen and oxygen atoms in total. The molecule has 1 aromatic rings. The Kier molecular flexibility index (Phi) is 17.0. The van der Waals surface area contributed by atoms with Crippen LogP contribution in [-0.2, 0) is 36.9 Å². The van der Waals surface area contributed by atoms with Gasteiger partial charge < -0.3 is 21.3 Å². The van der Waals surface area contributed by atoms with Gasteiger partial charge in [0.1, 0.15) is 17.6 Å². The molecular formula is C32H55N5O7. The Bertz CT molecular complexity index is 1080. The molecule has 2 amide bonds. The fourth-order valence-corrected chi connectivity index (χ4v) is 5.51. The smallest absolute Gasteiger partial charge is 0.304 e. The van der Waals surface area contributed by atoms with E-state index in [1.807, 2.05) is 33.9 Å². The number of aliphatic hydroxyl groups excluding tert-OH is 1. The van der Waals surface area contributed by atoms with Crippen molar-refractivity contribution < 1.29 is 34.2 Å². The van der Waals surface area contributed by atoms with Crippen molar-refractivity contribution in [2.75, 3.05) is 0 Å². The maximum absolute atomic E-state index is 13.1. The van der Waals surface area contributed by atoms with E-state index in [9.17, 15) is 34.2 Å². The van der Waals surface area contributed by atoms with Crippen LogP contribution in [0.1, 0.15) is 106 Å². The number of primary amides is 1. The van der Waals surface area contributed by atoms with Gasteiger partial charge in [-0.3, -0.25) is 28.7 Å². The van der Waals surface area contributed by atoms with E-state index in [4.69, 9.17) is 5.73 Å². The Morgan fingerprint density at radius 3 is 2.02 bits per heavy atom. The second-order valence-electron chi connectivity index (χ2n) is 13.3. The van der Waals surface area contributed by atoms with Crippen LogP contribution < -0.4 is 11.1 Å². The standard InChI is InChI=1S/C32H55N5O7/c1-19(2)14-24(32(44)34-29(22(7)38)31(33)43)10-8-9-13-37-18-26(35-36-37)12-11-23(30(42)21(5)6)16-27(39)25(15-20(3)4)17-28(40)41/h18-25,29,38H,8-17H2,1-7H3,(H2,33,43)(H,34,44)(H,40,41)/t22-,23-,24-,25+,29+/m1/s1. The second-order valence-corrected chi connectivity index (χ2v) is 13.3. The van der Waals surface area contributed by atoms with E-state index >= 15 is 0 Å². The number of carboxylic acid groups (broad SMARTS) is 1. The molecule has 0 aromatic carbocycles. The number of aromatic nitrogens is 3. The van der Waals surface area contributed by atoms with Crippen LogP contribution in [0, 0.1) is 35.5 Å². The van der Waals surface area contributed by atoms with E-state index in [0.717, 1.165) is 12.8 Å². The van der Waals surface area contributed by atoms with E-state index in [1.54, 1.807) is 18.5 Å². The van der Waals surface area contributed by atoms with Crippen LogP contribution in [0.15, 0.2) is 6.20 Å². The Labute approximate surface area is 261 Å². The van der Waals surface area contributed by atoms with Crippen molar-refractivity contribution in [3.63, 3.8) is 0 Å². The lowest BCUT2D eigenvalue weighted by atomic mass is 9.81. The predicted octanol–water partition coefficient (Wildman–Crippen LogP) is 3.33. The molecule has 12 heteroatoms. The summed E-state index contributed by atoms with van der Waals surface area (Å²) in [6.45, 7) is 13.5. The molecule has 5 N–H and O–H groups in total. The second kappa shape index (κ2) is 19.3. The highest BCUT2D eigenvalue weighted by Crippen LogP contribution is 2.25. The number of nitrogens with one attached hydrogen (secondary N) is 1. The van der Waals surface area contributed by atoms with Crippen LogP contribution >= 0.6 is 0 Å². The number of ketones is 2. The number of aliphatic carboxylic acids is 1. The number of hydrogen-bond acceptors (Lipinski definition) is 8. The summed E-state index contributed by atoms with van der Waals surface area (Å²) in [5.74, 6) is -3.54. The Balaban J connectivity index is 2.75. The lowest BCUT2D eigenvalue weighted by Gasteiger charge is -2.23. The maximum Gasteiger partial charge on any atom is 0.304 e. The van der Waals surface area contributed by atoms with Crippen molar-refractivity contribution in [1.82, 2.24) is 20.3 Å². The summed E-state index contributed by atoms with van der Waals surface area (Å²) in [5.41, 5.74) is 6.03. The van der Waals surface area contributed by atoms with Crippen molar-refractivity contribution >= 4 is 29.4 Å². The number of nitrogens with zero attached hydrogens (tertiary/aromatic N) is 3. The quantitative estimate of drug-likeness (QED) is 0.133. The zero-order valence-corrected chi connectivity index (χ0v) is 27.6. The molecule has 0 unspecified atom stereocenters.